The highest BCUT2D eigenvalue weighted by Gasteiger charge is 2.28. The lowest BCUT2D eigenvalue weighted by atomic mass is 10.0. The second-order valence-electron chi connectivity index (χ2n) is 9.89. The highest BCUT2D eigenvalue weighted by Crippen LogP contribution is 2.30. The molecule has 10 heteroatoms. The van der Waals surface area contributed by atoms with Crippen molar-refractivity contribution in [3.63, 3.8) is 0 Å². The smallest absolute Gasteiger partial charge is 0.244 e. The van der Waals surface area contributed by atoms with Crippen molar-refractivity contribution in [1.82, 2.24) is 35.2 Å². The zero-order chi connectivity index (χ0) is 25.5. The van der Waals surface area contributed by atoms with E-state index in [9.17, 15) is 9.18 Å². The first-order valence-electron chi connectivity index (χ1n) is 12.7. The number of hydrogen-bond acceptors (Lipinski definition) is 7. The van der Waals surface area contributed by atoms with Crippen LogP contribution in [0.15, 0.2) is 36.5 Å². The predicted octanol–water partition coefficient (Wildman–Crippen LogP) is 3.52. The SMILES string of the molecule is Cc1cc(C)c(-c2cc3cc(Nc4cc5n(n4)CC(=O)N(C4CCNCC4)CC5)ncc3cc2F)nn1. The quantitative estimate of drug-likeness (QED) is 0.442. The number of pyridine rings is 1. The Morgan fingerprint density at radius 1 is 1.03 bits per heavy atom. The van der Waals surface area contributed by atoms with Crippen LogP contribution in [0.4, 0.5) is 16.0 Å². The van der Waals surface area contributed by atoms with E-state index in [1.165, 1.54) is 6.07 Å². The summed E-state index contributed by atoms with van der Waals surface area (Å²) >= 11 is 0. The summed E-state index contributed by atoms with van der Waals surface area (Å²) in [5, 5.41) is 21.1. The predicted molar refractivity (Wildman–Crippen MR) is 139 cm³/mol. The van der Waals surface area contributed by atoms with Crippen LogP contribution >= 0.6 is 0 Å². The molecule has 0 unspecified atom stereocenters. The maximum atomic E-state index is 14.9. The minimum absolute atomic E-state index is 0.119. The molecule has 2 N–H and O–H groups in total. The van der Waals surface area contributed by atoms with Gasteiger partial charge in [-0.05, 0) is 75.0 Å². The van der Waals surface area contributed by atoms with Crippen LogP contribution in [0, 0.1) is 19.7 Å². The van der Waals surface area contributed by atoms with Gasteiger partial charge < -0.3 is 15.5 Å². The molecule has 1 amide bonds. The topological polar surface area (TPSA) is 101 Å². The fourth-order valence-corrected chi connectivity index (χ4v) is 5.37. The Balaban J connectivity index is 1.23. The maximum absolute atomic E-state index is 14.9. The number of aromatic nitrogens is 5. The van der Waals surface area contributed by atoms with E-state index in [4.69, 9.17) is 0 Å². The summed E-state index contributed by atoms with van der Waals surface area (Å²) in [4.78, 5) is 19.5. The molecule has 6 rings (SSSR count). The van der Waals surface area contributed by atoms with Gasteiger partial charge in [-0.3, -0.25) is 9.48 Å². The molecular formula is C27H29FN8O. The van der Waals surface area contributed by atoms with Crippen molar-refractivity contribution in [2.45, 2.75) is 45.7 Å². The zero-order valence-electron chi connectivity index (χ0n) is 21.0. The Morgan fingerprint density at radius 2 is 1.86 bits per heavy atom. The molecule has 4 aromatic rings. The number of halogens is 1. The fourth-order valence-electron chi connectivity index (χ4n) is 5.37. The molecule has 190 valence electrons. The van der Waals surface area contributed by atoms with Crippen LogP contribution in [-0.4, -0.2) is 61.4 Å². The summed E-state index contributed by atoms with van der Waals surface area (Å²) in [6, 6.07) is 9.30. The molecule has 1 saturated heterocycles. The van der Waals surface area contributed by atoms with Gasteiger partial charge in [0.2, 0.25) is 5.91 Å². The Labute approximate surface area is 214 Å². The summed E-state index contributed by atoms with van der Waals surface area (Å²) < 4.78 is 16.7. The van der Waals surface area contributed by atoms with Crippen LogP contribution in [0.25, 0.3) is 22.0 Å². The molecule has 0 saturated carbocycles. The second-order valence-corrected chi connectivity index (χ2v) is 9.89. The van der Waals surface area contributed by atoms with Gasteiger partial charge in [-0.25, -0.2) is 9.37 Å². The molecule has 0 radical (unpaired) electrons. The number of nitrogens with one attached hydrogen (secondary N) is 2. The molecule has 0 atom stereocenters. The molecule has 3 aromatic heterocycles. The van der Waals surface area contributed by atoms with Crippen LogP contribution < -0.4 is 10.6 Å². The molecule has 37 heavy (non-hydrogen) atoms. The Hall–Kier alpha value is -3.92. The van der Waals surface area contributed by atoms with E-state index < -0.39 is 0 Å². The highest BCUT2D eigenvalue weighted by molar-refractivity contribution is 5.89. The number of piperidine rings is 1. The van der Waals surface area contributed by atoms with Gasteiger partial charge in [0.05, 0.1) is 11.4 Å². The molecule has 5 heterocycles. The summed E-state index contributed by atoms with van der Waals surface area (Å²) in [6.45, 7) is 6.62. The lowest BCUT2D eigenvalue weighted by Gasteiger charge is -2.33. The molecule has 2 aliphatic heterocycles. The number of carbonyl (C=O) groups is 1. The van der Waals surface area contributed by atoms with Crippen molar-refractivity contribution in [1.29, 1.82) is 0 Å². The van der Waals surface area contributed by atoms with E-state index >= 15 is 0 Å². The number of nitrogens with zero attached hydrogens (tertiary/aromatic N) is 6. The molecule has 1 fully saturated rings. The van der Waals surface area contributed by atoms with Crippen LogP contribution in [0.2, 0.25) is 0 Å². The van der Waals surface area contributed by atoms with Crippen LogP contribution in [0.1, 0.15) is 29.8 Å². The first-order valence-corrected chi connectivity index (χ1v) is 12.7. The third-order valence-electron chi connectivity index (χ3n) is 7.25. The zero-order valence-corrected chi connectivity index (χ0v) is 21.0. The van der Waals surface area contributed by atoms with Gasteiger partial charge in [0.15, 0.2) is 5.82 Å². The number of hydrogen-bond donors (Lipinski definition) is 2. The third kappa shape index (κ3) is 4.64. The molecular weight excluding hydrogens is 471 g/mol. The first-order chi connectivity index (χ1) is 17.9. The van der Waals surface area contributed by atoms with Gasteiger partial charge >= 0.3 is 0 Å². The van der Waals surface area contributed by atoms with Crippen molar-refractivity contribution in [3.8, 4) is 11.3 Å². The highest BCUT2D eigenvalue weighted by atomic mass is 19.1. The van der Waals surface area contributed by atoms with E-state index in [0.717, 1.165) is 54.7 Å². The van der Waals surface area contributed by atoms with Crippen molar-refractivity contribution in [3.05, 3.63) is 59.3 Å². The maximum Gasteiger partial charge on any atom is 0.244 e. The van der Waals surface area contributed by atoms with Gasteiger partial charge in [0, 0.05) is 47.9 Å². The monoisotopic (exact) mass is 500 g/mol. The largest absolute Gasteiger partial charge is 0.338 e. The van der Waals surface area contributed by atoms with E-state index in [-0.39, 0.29) is 18.3 Å². The number of anilines is 2. The fraction of sp³-hybridized carbons (Fsp3) is 0.370. The molecule has 1 aromatic carbocycles. The summed E-state index contributed by atoms with van der Waals surface area (Å²) in [7, 11) is 0. The first kappa shape index (κ1) is 23.5. The van der Waals surface area contributed by atoms with Crippen molar-refractivity contribution in [2.24, 2.45) is 0 Å². The lowest BCUT2D eigenvalue weighted by Crippen LogP contribution is -2.47. The number of aryl methyl sites for hydroxylation is 2. The Bertz CT molecular complexity index is 1490. The number of carbonyl (C=O) groups excluding carboxylic acids is 1. The van der Waals surface area contributed by atoms with Crippen LogP contribution in [0.3, 0.4) is 0 Å². The van der Waals surface area contributed by atoms with E-state index in [1.807, 2.05) is 36.9 Å². The number of benzene rings is 1. The van der Waals surface area contributed by atoms with Gasteiger partial charge in [0.25, 0.3) is 0 Å². The average Bonchev–Trinajstić information content (AvgIpc) is 3.18. The summed E-state index contributed by atoms with van der Waals surface area (Å²) in [5.74, 6) is 0.978. The normalized spacial score (nSPS) is 16.6. The number of fused-ring (bicyclic) bond motifs is 2. The van der Waals surface area contributed by atoms with Gasteiger partial charge in [-0.15, -0.1) is 5.10 Å². The molecule has 0 bridgehead atoms. The van der Waals surface area contributed by atoms with E-state index in [0.29, 0.717) is 40.9 Å². The standard InChI is InChI=1S/C27H29FN8O/c1-16-9-17(2)32-33-27(16)22-10-18-12-24(30-14-19(18)11-23(22)28)31-25-13-21-5-8-35(20-3-6-29-7-4-20)26(37)15-36(21)34-25/h9-14,20,29H,3-8,15H2,1-2H3,(H,30,31,34). The van der Waals surface area contributed by atoms with Gasteiger partial charge in [0.1, 0.15) is 18.2 Å². The molecule has 9 nitrogen and oxygen atoms in total. The molecule has 2 aliphatic rings. The van der Waals surface area contributed by atoms with Gasteiger partial charge in [-0.2, -0.15) is 10.2 Å². The molecule has 0 aliphatic carbocycles. The second kappa shape index (κ2) is 9.51. The van der Waals surface area contributed by atoms with E-state index in [1.54, 1.807) is 16.9 Å². The number of rotatable bonds is 4. The summed E-state index contributed by atoms with van der Waals surface area (Å²) in [5.41, 5.74) is 3.60. The van der Waals surface area contributed by atoms with Crippen LogP contribution in [0.5, 0.6) is 0 Å². The minimum Gasteiger partial charge on any atom is -0.338 e. The summed E-state index contributed by atoms with van der Waals surface area (Å²) in [6.07, 6.45) is 4.39. The van der Waals surface area contributed by atoms with Gasteiger partial charge in [-0.1, -0.05) is 0 Å². The Kier molecular flexibility index (Phi) is 6.03. The third-order valence-corrected chi connectivity index (χ3v) is 7.25. The van der Waals surface area contributed by atoms with E-state index in [2.05, 4.69) is 30.9 Å². The van der Waals surface area contributed by atoms with Crippen molar-refractivity contribution >= 4 is 28.3 Å². The van der Waals surface area contributed by atoms with Crippen LogP contribution in [-0.2, 0) is 17.8 Å². The van der Waals surface area contributed by atoms with Crippen molar-refractivity contribution in [2.75, 3.05) is 25.0 Å². The number of amides is 1. The molecule has 0 spiro atoms. The Morgan fingerprint density at radius 3 is 2.68 bits per heavy atom. The minimum atomic E-state index is -0.364. The lowest BCUT2D eigenvalue weighted by molar-refractivity contribution is -0.134. The average molecular weight is 501 g/mol. The van der Waals surface area contributed by atoms with Crippen molar-refractivity contribution < 1.29 is 9.18 Å².